The highest BCUT2D eigenvalue weighted by Gasteiger charge is 2.24. The molecule has 1 heterocycles. The zero-order valence-corrected chi connectivity index (χ0v) is 16.8. The molecule has 1 aromatic rings. The Morgan fingerprint density at radius 2 is 1.88 bits per heavy atom. The average molecular weight is 354 g/mol. The molecule has 0 aliphatic rings. The predicted octanol–water partition coefficient (Wildman–Crippen LogP) is 5.45. The monoisotopic (exact) mass is 353 g/mol. The Morgan fingerprint density at radius 1 is 1.25 bits per heavy atom. The Bertz CT molecular complexity index is 572. The van der Waals surface area contributed by atoms with Crippen LogP contribution in [0.3, 0.4) is 0 Å². The van der Waals surface area contributed by atoms with Crippen LogP contribution in [0.5, 0.6) is 0 Å². The quantitative estimate of drug-likeness (QED) is 0.663. The fraction of sp³-hybridized carbons (Fsp3) is 0.684. The van der Waals surface area contributed by atoms with Crippen LogP contribution in [0.15, 0.2) is 6.07 Å². The summed E-state index contributed by atoms with van der Waals surface area (Å²) >= 11 is 1.49. The van der Waals surface area contributed by atoms with Gasteiger partial charge in [0.25, 0.3) is 0 Å². The molecule has 1 N–H and O–H groups in total. The van der Waals surface area contributed by atoms with Gasteiger partial charge in [-0.15, -0.1) is 11.3 Å². The van der Waals surface area contributed by atoms with Gasteiger partial charge >= 0.3 is 5.97 Å². The number of carbonyl (C=O) groups is 2. The van der Waals surface area contributed by atoms with Crippen LogP contribution in [-0.2, 0) is 9.53 Å². The van der Waals surface area contributed by atoms with Gasteiger partial charge in [-0.25, -0.2) is 4.79 Å². The first-order valence-corrected chi connectivity index (χ1v) is 9.52. The van der Waals surface area contributed by atoms with E-state index in [0.29, 0.717) is 23.1 Å². The Balaban J connectivity index is 3.10. The molecular formula is C19H31NO3S. The first-order chi connectivity index (χ1) is 11.1. The van der Waals surface area contributed by atoms with Gasteiger partial charge in [0.15, 0.2) is 0 Å². The zero-order chi connectivity index (χ0) is 18.5. The van der Waals surface area contributed by atoms with Crippen LogP contribution in [0, 0.1) is 11.3 Å². The number of carbonyl (C=O) groups excluding carboxylic acids is 2. The van der Waals surface area contributed by atoms with E-state index < -0.39 is 0 Å². The first-order valence-electron chi connectivity index (χ1n) is 8.70. The molecule has 1 aromatic heterocycles. The van der Waals surface area contributed by atoms with E-state index >= 15 is 0 Å². The first kappa shape index (κ1) is 20.7. The molecule has 136 valence electrons. The standard InChI is InChI=1S/C19H31NO3S/c1-8-12(3)16(21)20-17-14(18(22)23-9-2)10-15(24-17)13(4)11-19(5,6)7/h10,12-13H,8-9,11H2,1-7H3,(H,20,21)/t12-,13-/m1/s1. The molecule has 0 spiro atoms. The van der Waals surface area contributed by atoms with Gasteiger partial charge in [-0.3, -0.25) is 4.79 Å². The van der Waals surface area contributed by atoms with Gasteiger partial charge in [-0.1, -0.05) is 41.5 Å². The molecule has 0 saturated carbocycles. The summed E-state index contributed by atoms with van der Waals surface area (Å²) in [6, 6.07) is 1.88. The van der Waals surface area contributed by atoms with Crippen LogP contribution in [0.2, 0.25) is 0 Å². The topological polar surface area (TPSA) is 55.4 Å². The highest BCUT2D eigenvalue weighted by Crippen LogP contribution is 2.38. The van der Waals surface area contributed by atoms with E-state index in [1.807, 2.05) is 19.9 Å². The Hall–Kier alpha value is -1.36. The Kier molecular flexibility index (Phi) is 7.46. The molecule has 0 fully saturated rings. The maximum absolute atomic E-state index is 12.2. The second kappa shape index (κ2) is 8.65. The number of esters is 1. The molecule has 0 saturated heterocycles. The van der Waals surface area contributed by atoms with Crippen LogP contribution in [-0.4, -0.2) is 18.5 Å². The van der Waals surface area contributed by atoms with E-state index in [1.54, 1.807) is 6.92 Å². The number of ether oxygens (including phenoxy) is 1. The summed E-state index contributed by atoms with van der Waals surface area (Å²) in [5, 5.41) is 3.52. The number of amides is 1. The van der Waals surface area contributed by atoms with E-state index in [-0.39, 0.29) is 23.2 Å². The lowest BCUT2D eigenvalue weighted by Gasteiger charge is -2.22. The summed E-state index contributed by atoms with van der Waals surface area (Å²) in [6.07, 6.45) is 1.77. The van der Waals surface area contributed by atoms with Gasteiger partial charge in [0.05, 0.1) is 12.2 Å². The number of hydrogen-bond acceptors (Lipinski definition) is 4. The maximum atomic E-state index is 12.2. The van der Waals surface area contributed by atoms with Gasteiger partial charge in [0.1, 0.15) is 5.00 Å². The Labute approximate surface area is 150 Å². The summed E-state index contributed by atoms with van der Waals surface area (Å²) in [5.41, 5.74) is 0.669. The van der Waals surface area contributed by atoms with E-state index in [0.717, 1.165) is 17.7 Å². The molecule has 5 heteroatoms. The fourth-order valence-corrected chi connectivity index (χ4v) is 3.65. The Morgan fingerprint density at radius 3 is 2.38 bits per heavy atom. The van der Waals surface area contributed by atoms with Crippen molar-refractivity contribution in [2.24, 2.45) is 11.3 Å². The number of anilines is 1. The van der Waals surface area contributed by atoms with E-state index in [4.69, 9.17) is 4.74 Å². The van der Waals surface area contributed by atoms with Crippen molar-refractivity contribution >= 4 is 28.2 Å². The molecular weight excluding hydrogens is 322 g/mol. The third-order valence-corrected chi connectivity index (χ3v) is 5.23. The summed E-state index contributed by atoms with van der Waals surface area (Å²) < 4.78 is 5.15. The van der Waals surface area contributed by atoms with Crippen LogP contribution >= 0.6 is 11.3 Å². The summed E-state index contributed by atoms with van der Waals surface area (Å²) in [6.45, 7) is 14.7. The lowest BCUT2D eigenvalue weighted by molar-refractivity contribution is -0.119. The number of hydrogen-bond donors (Lipinski definition) is 1. The van der Waals surface area contributed by atoms with E-state index in [9.17, 15) is 9.59 Å². The zero-order valence-electron chi connectivity index (χ0n) is 16.0. The van der Waals surface area contributed by atoms with E-state index in [2.05, 4.69) is 33.0 Å². The van der Waals surface area contributed by atoms with Crippen molar-refractivity contribution in [3.05, 3.63) is 16.5 Å². The summed E-state index contributed by atoms with van der Waals surface area (Å²) in [7, 11) is 0. The third kappa shape index (κ3) is 5.93. The molecule has 1 rings (SSSR count). The number of thiophene rings is 1. The molecule has 1 amide bonds. The normalized spacial score (nSPS) is 14.1. The van der Waals surface area contributed by atoms with Crippen molar-refractivity contribution in [3.63, 3.8) is 0 Å². The highest BCUT2D eigenvalue weighted by molar-refractivity contribution is 7.16. The molecule has 0 bridgehead atoms. The van der Waals surface area contributed by atoms with Crippen molar-refractivity contribution in [2.75, 3.05) is 11.9 Å². The summed E-state index contributed by atoms with van der Waals surface area (Å²) in [4.78, 5) is 25.6. The van der Waals surface area contributed by atoms with Crippen LogP contribution in [0.1, 0.15) is 82.5 Å². The average Bonchev–Trinajstić information content (AvgIpc) is 2.89. The van der Waals surface area contributed by atoms with Crippen molar-refractivity contribution in [3.8, 4) is 0 Å². The van der Waals surface area contributed by atoms with Gasteiger partial charge in [0.2, 0.25) is 5.91 Å². The van der Waals surface area contributed by atoms with Gasteiger partial charge in [-0.2, -0.15) is 0 Å². The lowest BCUT2D eigenvalue weighted by atomic mass is 9.85. The molecule has 0 unspecified atom stereocenters. The molecule has 0 aromatic carbocycles. The third-order valence-electron chi connectivity index (χ3n) is 3.95. The van der Waals surface area contributed by atoms with Crippen molar-refractivity contribution in [2.45, 2.75) is 67.2 Å². The molecule has 24 heavy (non-hydrogen) atoms. The molecule has 4 nitrogen and oxygen atoms in total. The predicted molar refractivity (Wildman–Crippen MR) is 101 cm³/mol. The number of rotatable bonds is 7. The maximum Gasteiger partial charge on any atom is 0.341 e. The van der Waals surface area contributed by atoms with Crippen molar-refractivity contribution in [1.29, 1.82) is 0 Å². The molecule has 0 aliphatic heterocycles. The van der Waals surface area contributed by atoms with Gasteiger partial charge < -0.3 is 10.1 Å². The second-order valence-corrected chi connectivity index (χ2v) is 8.66. The smallest absolute Gasteiger partial charge is 0.341 e. The van der Waals surface area contributed by atoms with Gasteiger partial charge in [0, 0.05) is 10.8 Å². The molecule has 0 radical (unpaired) electrons. The van der Waals surface area contributed by atoms with Crippen LogP contribution in [0.4, 0.5) is 5.00 Å². The molecule has 0 aliphatic carbocycles. The van der Waals surface area contributed by atoms with Gasteiger partial charge in [-0.05, 0) is 37.2 Å². The highest BCUT2D eigenvalue weighted by atomic mass is 32.1. The minimum absolute atomic E-state index is 0.0556. The SMILES string of the molecule is CCOC(=O)c1cc([C@H](C)CC(C)(C)C)sc1NC(=O)[C@H](C)CC. The largest absolute Gasteiger partial charge is 0.462 e. The number of nitrogens with one attached hydrogen (secondary N) is 1. The van der Waals surface area contributed by atoms with E-state index in [1.165, 1.54) is 11.3 Å². The van der Waals surface area contributed by atoms with Crippen molar-refractivity contribution in [1.82, 2.24) is 0 Å². The van der Waals surface area contributed by atoms with Crippen molar-refractivity contribution < 1.29 is 14.3 Å². The fourth-order valence-electron chi connectivity index (χ4n) is 2.55. The lowest BCUT2D eigenvalue weighted by Crippen LogP contribution is -2.20. The second-order valence-electron chi connectivity index (χ2n) is 7.58. The summed E-state index contributed by atoms with van der Waals surface area (Å²) in [5.74, 6) is -0.197. The van der Waals surface area contributed by atoms with Crippen LogP contribution in [0.25, 0.3) is 0 Å². The minimum atomic E-state index is -0.373. The van der Waals surface area contributed by atoms with Crippen LogP contribution < -0.4 is 5.32 Å². The molecule has 2 atom stereocenters. The minimum Gasteiger partial charge on any atom is -0.462 e.